The molecule has 0 radical (unpaired) electrons. The molecule has 28 heavy (non-hydrogen) atoms. The largest absolute Gasteiger partial charge is 0.356 e. The molecular weight excluding hydrogens is 481 g/mol. The zero-order valence-electron chi connectivity index (χ0n) is 17.1. The maximum Gasteiger partial charge on any atom is 0.191 e. The lowest BCUT2D eigenvalue weighted by Gasteiger charge is -2.16. The number of benzene rings is 1. The summed E-state index contributed by atoms with van der Waals surface area (Å²) in [6.45, 7) is 8.36. The van der Waals surface area contributed by atoms with Crippen molar-refractivity contribution >= 4 is 46.4 Å². The Bertz CT molecular complexity index is 738. The molecule has 2 aromatic rings. The summed E-state index contributed by atoms with van der Waals surface area (Å²) in [5.74, 6) is 1.29. The SMILES string of the molecule is CN=C(NCCc1csc(N2CCCC2)n1)NCC(C)c1ccc(C)cc1.I. The van der Waals surface area contributed by atoms with Gasteiger partial charge < -0.3 is 15.5 Å². The van der Waals surface area contributed by atoms with Crippen LogP contribution in [0, 0.1) is 6.92 Å². The molecular formula is C21H32IN5S. The van der Waals surface area contributed by atoms with Gasteiger partial charge in [0, 0.05) is 45.0 Å². The Morgan fingerprint density at radius 2 is 1.93 bits per heavy atom. The standard InChI is InChI=1S/C21H31N5S.HI/c1-16-6-8-18(9-7-16)17(2)14-24-20(22-3)23-11-10-19-15-27-21(25-19)26-12-4-5-13-26;/h6-9,15,17H,4-5,10-14H2,1-3H3,(H2,22,23,24);1H. The van der Waals surface area contributed by atoms with Crippen LogP contribution in [0.4, 0.5) is 5.13 Å². The zero-order valence-corrected chi connectivity index (χ0v) is 20.2. The Morgan fingerprint density at radius 1 is 1.21 bits per heavy atom. The minimum Gasteiger partial charge on any atom is -0.356 e. The molecule has 1 aliphatic heterocycles. The van der Waals surface area contributed by atoms with E-state index in [0.717, 1.165) is 44.3 Å². The van der Waals surface area contributed by atoms with Gasteiger partial charge in [0.05, 0.1) is 5.69 Å². The molecule has 1 aromatic carbocycles. The Kier molecular flexibility index (Phi) is 9.50. The van der Waals surface area contributed by atoms with E-state index >= 15 is 0 Å². The van der Waals surface area contributed by atoms with Crippen molar-refractivity contribution in [1.29, 1.82) is 0 Å². The van der Waals surface area contributed by atoms with Gasteiger partial charge in [-0.25, -0.2) is 4.98 Å². The van der Waals surface area contributed by atoms with Crippen molar-refractivity contribution in [2.45, 2.75) is 39.0 Å². The summed E-state index contributed by atoms with van der Waals surface area (Å²) in [5.41, 5.74) is 3.81. The average molecular weight is 513 g/mol. The van der Waals surface area contributed by atoms with Gasteiger partial charge in [-0.05, 0) is 31.2 Å². The van der Waals surface area contributed by atoms with E-state index in [4.69, 9.17) is 4.98 Å². The van der Waals surface area contributed by atoms with Crippen LogP contribution >= 0.6 is 35.3 Å². The number of anilines is 1. The van der Waals surface area contributed by atoms with Crippen LogP contribution < -0.4 is 15.5 Å². The molecule has 5 nitrogen and oxygen atoms in total. The van der Waals surface area contributed by atoms with Crippen LogP contribution in [0.15, 0.2) is 34.6 Å². The van der Waals surface area contributed by atoms with Crippen molar-refractivity contribution in [3.05, 3.63) is 46.5 Å². The number of guanidine groups is 1. The van der Waals surface area contributed by atoms with Crippen LogP contribution in [0.1, 0.15) is 42.5 Å². The quantitative estimate of drug-likeness (QED) is 0.332. The summed E-state index contributed by atoms with van der Waals surface area (Å²) in [7, 11) is 1.82. The predicted octanol–water partition coefficient (Wildman–Crippen LogP) is 4.18. The van der Waals surface area contributed by atoms with Crippen LogP contribution in [0.25, 0.3) is 0 Å². The summed E-state index contributed by atoms with van der Waals surface area (Å²) in [5, 5.41) is 10.2. The molecule has 0 bridgehead atoms. The molecule has 0 amide bonds. The fourth-order valence-corrected chi connectivity index (χ4v) is 4.17. The second-order valence-electron chi connectivity index (χ2n) is 7.26. The first-order valence-electron chi connectivity index (χ1n) is 9.86. The van der Waals surface area contributed by atoms with E-state index in [1.54, 1.807) is 11.3 Å². The molecule has 0 aliphatic carbocycles. The maximum absolute atomic E-state index is 4.78. The molecule has 1 unspecified atom stereocenters. The van der Waals surface area contributed by atoms with Gasteiger partial charge in [-0.1, -0.05) is 36.8 Å². The number of hydrogen-bond donors (Lipinski definition) is 2. The average Bonchev–Trinajstić information content (AvgIpc) is 3.36. The molecule has 1 atom stereocenters. The molecule has 7 heteroatoms. The summed E-state index contributed by atoms with van der Waals surface area (Å²) in [6, 6.07) is 8.75. The fourth-order valence-electron chi connectivity index (χ4n) is 3.26. The minimum absolute atomic E-state index is 0. The summed E-state index contributed by atoms with van der Waals surface area (Å²) in [4.78, 5) is 11.5. The number of rotatable bonds is 7. The first-order chi connectivity index (χ1) is 13.2. The van der Waals surface area contributed by atoms with E-state index in [1.807, 2.05) is 7.05 Å². The van der Waals surface area contributed by atoms with Gasteiger partial charge in [-0.15, -0.1) is 35.3 Å². The van der Waals surface area contributed by atoms with E-state index in [2.05, 4.69) is 64.0 Å². The molecule has 154 valence electrons. The van der Waals surface area contributed by atoms with Gasteiger partial charge in [-0.3, -0.25) is 4.99 Å². The lowest BCUT2D eigenvalue weighted by atomic mass is 10.0. The van der Waals surface area contributed by atoms with Crippen molar-refractivity contribution in [1.82, 2.24) is 15.6 Å². The van der Waals surface area contributed by atoms with E-state index in [9.17, 15) is 0 Å². The third-order valence-electron chi connectivity index (χ3n) is 5.04. The molecule has 0 saturated carbocycles. The number of hydrogen-bond acceptors (Lipinski definition) is 4. The van der Waals surface area contributed by atoms with Crippen LogP contribution in [0.2, 0.25) is 0 Å². The second-order valence-corrected chi connectivity index (χ2v) is 8.09. The van der Waals surface area contributed by atoms with E-state index in [0.29, 0.717) is 5.92 Å². The van der Waals surface area contributed by atoms with Crippen LogP contribution in [0.3, 0.4) is 0 Å². The molecule has 2 N–H and O–H groups in total. The number of aryl methyl sites for hydroxylation is 1. The van der Waals surface area contributed by atoms with Crippen LogP contribution in [0.5, 0.6) is 0 Å². The smallest absolute Gasteiger partial charge is 0.191 e. The first kappa shape index (κ1) is 22.9. The second kappa shape index (κ2) is 11.6. The maximum atomic E-state index is 4.78. The molecule has 1 saturated heterocycles. The molecule has 1 aromatic heterocycles. The van der Waals surface area contributed by atoms with Crippen molar-refractivity contribution in [3.63, 3.8) is 0 Å². The lowest BCUT2D eigenvalue weighted by Crippen LogP contribution is -2.39. The Labute approximate surface area is 190 Å². The summed E-state index contributed by atoms with van der Waals surface area (Å²) in [6.07, 6.45) is 3.50. The summed E-state index contributed by atoms with van der Waals surface area (Å²) < 4.78 is 0. The zero-order chi connectivity index (χ0) is 19.1. The molecule has 3 rings (SSSR count). The molecule has 2 heterocycles. The highest BCUT2D eigenvalue weighted by Gasteiger charge is 2.15. The minimum atomic E-state index is 0. The molecule has 1 fully saturated rings. The number of aliphatic imine (C=N–C) groups is 1. The number of thiazole rings is 1. The van der Waals surface area contributed by atoms with E-state index in [1.165, 1.54) is 29.1 Å². The van der Waals surface area contributed by atoms with Crippen molar-refractivity contribution in [3.8, 4) is 0 Å². The summed E-state index contributed by atoms with van der Waals surface area (Å²) >= 11 is 1.77. The van der Waals surface area contributed by atoms with Gasteiger partial charge in [0.1, 0.15) is 0 Å². The Balaban J connectivity index is 0.00000280. The van der Waals surface area contributed by atoms with E-state index in [-0.39, 0.29) is 24.0 Å². The first-order valence-corrected chi connectivity index (χ1v) is 10.7. The van der Waals surface area contributed by atoms with Crippen LogP contribution in [-0.2, 0) is 6.42 Å². The Morgan fingerprint density at radius 3 is 2.61 bits per heavy atom. The number of nitrogens with one attached hydrogen (secondary N) is 2. The number of halogens is 1. The van der Waals surface area contributed by atoms with Crippen molar-refractivity contribution in [2.75, 3.05) is 38.1 Å². The fraction of sp³-hybridized carbons (Fsp3) is 0.524. The van der Waals surface area contributed by atoms with Crippen molar-refractivity contribution < 1.29 is 0 Å². The lowest BCUT2D eigenvalue weighted by molar-refractivity contribution is 0.696. The topological polar surface area (TPSA) is 52.6 Å². The monoisotopic (exact) mass is 513 g/mol. The number of nitrogens with zero attached hydrogens (tertiary/aromatic N) is 3. The normalized spacial score (nSPS) is 15.2. The predicted molar refractivity (Wildman–Crippen MR) is 132 cm³/mol. The highest BCUT2D eigenvalue weighted by molar-refractivity contribution is 14.0. The van der Waals surface area contributed by atoms with Gasteiger partial charge in [-0.2, -0.15) is 0 Å². The Hall–Kier alpha value is -1.35. The highest BCUT2D eigenvalue weighted by atomic mass is 127. The molecule has 1 aliphatic rings. The van der Waals surface area contributed by atoms with Crippen LogP contribution in [-0.4, -0.2) is 44.2 Å². The van der Waals surface area contributed by atoms with Gasteiger partial charge >= 0.3 is 0 Å². The third kappa shape index (κ3) is 6.62. The highest BCUT2D eigenvalue weighted by Crippen LogP contribution is 2.24. The van der Waals surface area contributed by atoms with Gasteiger partial charge in [0.15, 0.2) is 11.1 Å². The van der Waals surface area contributed by atoms with E-state index < -0.39 is 0 Å². The van der Waals surface area contributed by atoms with Crippen molar-refractivity contribution in [2.24, 2.45) is 4.99 Å². The van der Waals surface area contributed by atoms with Gasteiger partial charge in [0.25, 0.3) is 0 Å². The third-order valence-corrected chi connectivity index (χ3v) is 5.99. The number of aromatic nitrogens is 1. The van der Waals surface area contributed by atoms with Gasteiger partial charge in [0.2, 0.25) is 0 Å². The molecule has 0 spiro atoms.